The highest BCUT2D eigenvalue weighted by molar-refractivity contribution is 9.10. The molecule has 1 heterocycles. The van der Waals surface area contributed by atoms with Gasteiger partial charge in [-0.2, -0.15) is 0 Å². The van der Waals surface area contributed by atoms with Crippen LogP contribution in [0.5, 0.6) is 0 Å². The van der Waals surface area contributed by atoms with Gasteiger partial charge in [0.1, 0.15) is 0 Å². The van der Waals surface area contributed by atoms with E-state index in [2.05, 4.69) is 15.9 Å². The van der Waals surface area contributed by atoms with E-state index in [1.165, 1.54) is 24.4 Å². The lowest BCUT2D eigenvalue weighted by atomic mass is 10.4. The Morgan fingerprint density at radius 2 is 1.82 bits per heavy atom. The zero-order valence-corrected chi connectivity index (χ0v) is 11.0. The summed E-state index contributed by atoms with van der Waals surface area (Å²) in [5.41, 5.74) is 0.0840. The highest BCUT2D eigenvalue weighted by Gasteiger charge is 2.19. The van der Waals surface area contributed by atoms with Crippen LogP contribution in [0.15, 0.2) is 52.0 Å². The molecular formula is C11H8BrNO3S. The first-order valence-electron chi connectivity index (χ1n) is 4.69. The molecule has 0 radical (unpaired) electrons. The van der Waals surface area contributed by atoms with E-state index < -0.39 is 10.0 Å². The summed E-state index contributed by atoms with van der Waals surface area (Å²) >= 11 is 3.14. The number of carbonyl (C=O) groups excluding carboxylic acids is 1. The topological polar surface area (TPSA) is 56.1 Å². The molecule has 0 N–H and O–H groups in total. The maximum Gasteiger partial charge on any atom is 0.268 e. The summed E-state index contributed by atoms with van der Waals surface area (Å²) in [6, 6.07) is 9.41. The Labute approximate surface area is 107 Å². The maximum absolute atomic E-state index is 12.2. The molecule has 0 atom stereocenters. The van der Waals surface area contributed by atoms with Gasteiger partial charge in [-0.05, 0) is 34.1 Å². The SMILES string of the molecule is O=Cc1cc(Br)cn1S(=O)(=O)c1ccccc1. The largest absolute Gasteiger partial charge is 0.296 e. The summed E-state index contributed by atoms with van der Waals surface area (Å²) in [7, 11) is -3.71. The quantitative estimate of drug-likeness (QED) is 0.817. The molecule has 0 aliphatic rings. The summed E-state index contributed by atoms with van der Waals surface area (Å²) in [5, 5.41) is 0. The number of aldehydes is 1. The molecule has 1 aromatic heterocycles. The first-order valence-corrected chi connectivity index (χ1v) is 6.92. The van der Waals surface area contributed by atoms with Crippen molar-refractivity contribution >= 4 is 32.2 Å². The van der Waals surface area contributed by atoms with Crippen molar-refractivity contribution < 1.29 is 13.2 Å². The van der Waals surface area contributed by atoms with Crippen molar-refractivity contribution in [2.45, 2.75) is 4.90 Å². The average Bonchev–Trinajstić information content (AvgIpc) is 2.72. The van der Waals surface area contributed by atoms with E-state index in [9.17, 15) is 13.2 Å². The van der Waals surface area contributed by atoms with Crippen LogP contribution in [0.3, 0.4) is 0 Å². The second-order valence-corrected chi connectivity index (χ2v) is 6.05. The van der Waals surface area contributed by atoms with Gasteiger partial charge in [0.25, 0.3) is 10.0 Å². The minimum atomic E-state index is -3.71. The summed E-state index contributed by atoms with van der Waals surface area (Å²) in [5.74, 6) is 0. The molecular weight excluding hydrogens is 306 g/mol. The molecule has 0 aliphatic heterocycles. The van der Waals surface area contributed by atoms with Crippen LogP contribution in [0, 0.1) is 0 Å². The highest BCUT2D eigenvalue weighted by atomic mass is 79.9. The molecule has 0 saturated carbocycles. The molecule has 1 aromatic carbocycles. The lowest BCUT2D eigenvalue weighted by Crippen LogP contribution is -2.14. The number of halogens is 1. The van der Waals surface area contributed by atoms with E-state index in [1.807, 2.05) is 0 Å². The number of carbonyl (C=O) groups is 1. The maximum atomic E-state index is 12.2. The van der Waals surface area contributed by atoms with Crippen molar-refractivity contribution in [3.63, 3.8) is 0 Å². The van der Waals surface area contributed by atoms with Crippen LogP contribution in [0.2, 0.25) is 0 Å². The Morgan fingerprint density at radius 1 is 1.18 bits per heavy atom. The van der Waals surface area contributed by atoms with Gasteiger partial charge in [-0.15, -0.1) is 0 Å². The van der Waals surface area contributed by atoms with Gasteiger partial charge in [-0.3, -0.25) is 4.79 Å². The van der Waals surface area contributed by atoms with Crippen LogP contribution in [0.4, 0.5) is 0 Å². The average molecular weight is 314 g/mol. The van der Waals surface area contributed by atoms with Crippen molar-refractivity contribution in [3.05, 3.63) is 52.8 Å². The molecule has 0 bridgehead atoms. The van der Waals surface area contributed by atoms with Gasteiger partial charge in [-0.1, -0.05) is 18.2 Å². The van der Waals surface area contributed by atoms with Gasteiger partial charge in [-0.25, -0.2) is 12.4 Å². The van der Waals surface area contributed by atoms with Crippen LogP contribution < -0.4 is 0 Å². The second kappa shape index (κ2) is 4.46. The molecule has 6 heteroatoms. The monoisotopic (exact) mass is 313 g/mol. The van der Waals surface area contributed by atoms with Crippen molar-refractivity contribution in [2.24, 2.45) is 0 Å². The smallest absolute Gasteiger partial charge is 0.268 e. The van der Waals surface area contributed by atoms with Crippen LogP contribution in [0.1, 0.15) is 10.5 Å². The Morgan fingerprint density at radius 3 is 2.41 bits per heavy atom. The van der Waals surface area contributed by atoms with Crippen molar-refractivity contribution in [1.82, 2.24) is 3.97 Å². The van der Waals surface area contributed by atoms with Crippen molar-refractivity contribution in [3.8, 4) is 0 Å². The number of hydrogen-bond donors (Lipinski definition) is 0. The molecule has 2 rings (SSSR count). The molecule has 4 nitrogen and oxygen atoms in total. The molecule has 0 saturated heterocycles. The predicted octanol–water partition coefficient (Wildman–Crippen LogP) is 2.30. The lowest BCUT2D eigenvalue weighted by Gasteiger charge is -2.06. The Kier molecular flexibility index (Phi) is 3.17. The summed E-state index contributed by atoms with van der Waals surface area (Å²) in [4.78, 5) is 11.0. The van der Waals surface area contributed by atoms with E-state index in [4.69, 9.17) is 0 Å². The first kappa shape index (κ1) is 12.1. The summed E-state index contributed by atoms with van der Waals surface area (Å²) in [6.07, 6.45) is 1.86. The molecule has 2 aromatic rings. The number of nitrogens with zero attached hydrogens (tertiary/aromatic N) is 1. The van der Waals surface area contributed by atoms with Gasteiger partial charge in [0.2, 0.25) is 0 Å². The van der Waals surface area contributed by atoms with Crippen LogP contribution >= 0.6 is 15.9 Å². The van der Waals surface area contributed by atoms with Gasteiger partial charge < -0.3 is 0 Å². The third-order valence-corrected chi connectivity index (χ3v) is 4.34. The van der Waals surface area contributed by atoms with Gasteiger partial charge in [0.05, 0.1) is 10.6 Å². The third kappa shape index (κ3) is 2.18. The fourth-order valence-corrected chi connectivity index (χ4v) is 3.36. The molecule has 0 fully saturated rings. The standard InChI is InChI=1S/C11H8BrNO3S/c12-9-6-10(8-14)13(7-9)17(15,16)11-4-2-1-3-5-11/h1-8H. The Bertz CT molecular complexity index is 647. The van der Waals surface area contributed by atoms with Crippen molar-refractivity contribution in [1.29, 1.82) is 0 Å². The minimum absolute atomic E-state index is 0.0840. The molecule has 17 heavy (non-hydrogen) atoms. The predicted molar refractivity (Wildman–Crippen MR) is 66.5 cm³/mol. The molecule has 88 valence electrons. The molecule has 0 spiro atoms. The van der Waals surface area contributed by atoms with E-state index in [-0.39, 0.29) is 10.6 Å². The van der Waals surface area contributed by atoms with E-state index in [1.54, 1.807) is 18.2 Å². The first-order chi connectivity index (χ1) is 8.05. The number of rotatable bonds is 3. The van der Waals surface area contributed by atoms with Crippen LogP contribution in [-0.2, 0) is 10.0 Å². The highest BCUT2D eigenvalue weighted by Crippen LogP contribution is 2.20. The van der Waals surface area contributed by atoms with Crippen molar-refractivity contribution in [2.75, 3.05) is 0 Å². The summed E-state index contributed by atoms with van der Waals surface area (Å²) in [6.45, 7) is 0. The Hall–Kier alpha value is -1.40. The van der Waals surface area contributed by atoms with Gasteiger partial charge in [0.15, 0.2) is 6.29 Å². The number of hydrogen-bond acceptors (Lipinski definition) is 3. The molecule has 0 unspecified atom stereocenters. The normalized spacial score (nSPS) is 11.4. The minimum Gasteiger partial charge on any atom is -0.296 e. The van der Waals surface area contributed by atoms with E-state index in [0.717, 1.165) is 3.97 Å². The number of benzene rings is 1. The number of aromatic nitrogens is 1. The third-order valence-electron chi connectivity index (χ3n) is 2.20. The van der Waals surface area contributed by atoms with Crippen LogP contribution in [-0.4, -0.2) is 18.7 Å². The summed E-state index contributed by atoms with van der Waals surface area (Å²) < 4.78 is 25.9. The molecule has 0 amide bonds. The zero-order chi connectivity index (χ0) is 12.5. The van der Waals surface area contributed by atoms with Gasteiger partial charge in [0, 0.05) is 10.7 Å². The van der Waals surface area contributed by atoms with E-state index in [0.29, 0.717) is 10.8 Å². The fraction of sp³-hybridized carbons (Fsp3) is 0. The molecule has 0 aliphatic carbocycles. The second-order valence-electron chi connectivity index (χ2n) is 3.31. The van der Waals surface area contributed by atoms with Gasteiger partial charge >= 0.3 is 0 Å². The lowest BCUT2D eigenvalue weighted by molar-refractivity contribution is 0.111. The van der Waals surface area contributed by atoms with Crippen LogP contribution in [0.25, 0.3) is 0 Å². The van der Waals surface area contributed by atoms with E-state index >= 15 is 0 Å². The Balaban J connectivity index is 2.64. The fourth-order valence-electron chi connectivity index (χ4n) is 1.43. The zero-order valence-electron chi connectivity index (χ0n) is 8.58.